The van der Waals surface area contributed by atoms with Crippen LogP contribution in [0, 0.1) is 12.7 Å². The number of nitrogens with zero attached hydrogens (tertiary/aromatic N) is 7. The zero-order chi connectivity index (χ0) is 28.3. The van der Waals surface area contributed by atoms with Crippen molar-refractivity contribution in [3.05, 3.63) is 63.5 Å². The molecule has 2 aromatic carbocycles. The number of guanidine groups is 1. The molecule has 1 saturated heterocycles. The van der Waals surface area contributed by atoms with Gasteiger partial charge in [0.25, 0.3) is 5.91 Å². The number of halogens is 3. The fourth-order valence-corrected chi connectivity index (χ4v) is 6.22. The molecular weight excluding hydrogens is 554 g/mol. The van der Waals surface area contributed by atoms with Crippen LogP contribution in [0.5, 0.6) is 0 Å². The number of hydrogen-bond acceptors (Lipinski definition) is 8. The summed E-state index contributed by atoms with van der Waals surface area (Å²) in [5.74, 6) is 0.387. The van der Waals surface area contributed by atoms with Gasteiger partial charge in [-0.15, -0.1) is 0 Å². The first kappa shape index (κ1) is 26.7. The predicted molar refractivity (Wildman–Crippen MR) is 158 cm³/mol. The molecule has 9 nitrogen and oxygen atoms in total. The van der Waals surface area contributed by atoms with Crippen LogP contribution < -0.4 is 20.0 Å². The van der Waals surface area contributed by atoms with Crippen molar-refractivity contribution in [1.82, 2.24) is 14.9 Å². The van der Waals surface area contributed by atoms with E-state index < -0.39 is 0 Å². The molecule has 40 heavy (non-hydrogen) atoms. The second-order valence-electron chi connectivity index (χ2n) is 10.5. The number of amides is 1. The highest BCUT2D eigenvalue weighted by Crippen LogP contribution is 2.40. The van der Waals surface area contributed by atoms with Crippen molar-refractivity contribution in [2.45, 2.75) is 32.9 Å². The Hall–Kier alpha value is -3.47. The fourth-order valence-electron chi connectivity index (χ4n) is 5.66. The number of para-hydroxylation sites is 1. The Morgan fingerprint density at radius 3 is 2.45 bits per heavy atom. The monoisotopic (exact) mass is 582 g/mol. The van der Waals surface area contributed by atoms with Crippen molar-refractivity contribution in [1.29, 1.82) is 0 Å². The summed E-state index contributed by atoms with van der Waals surface area (Å²) < 4.78 is 15.5. The Kier molecular flexibility index (Phi) is 6.80. The summed E-state index contributed by atoms with van der Waals surface area (Å²) in [6, 6.07) is 9.05. The maximum Gasteiger partial charge on any atom is 0.270 e. The zero-order valence-electron chi connectivity index (χ0n) is 22.6. The van der Waals surface area contributed by atoms with Gasteiger partial charge in [0.15, 0.2) is 5.82 Å². The molecule has 208 valence electrons. The zero-order valence-corrected chi connectivity index (χ0v) is 24.1. The molecule has 1 fully saturated rings. The lowest BCUT2D eigenvalue weighted by Crippen LogP contribution is -2.55. The van der Waals surface area contributed by atoms with Crippen molar-refractivity contribution in [3.63, 3.8) is 0 Å². The van der Waals surface area contributed by atoms with E-state index in [2.05, 4.69) is 51.0 Å². The van der Waals surface area contributed by atoms with E-state index in [0.29, 0.717) is 69.6 Å². The minimum Gasteiger partial charge on any atom is -0.366 e. The number of likely N-dealkylation sites (N-methyl/N-ethyl adjacent to an activating group) is 1. The van der Waals surface area contributed by atoms with E-state index in [4.69, 9.17) is 23.2 Å². The number of aromatic nitrogens is 2. The van der Waals surface area contributed by atoms with Gasteiger partial charge in [0.05, 0.1) is 28.0 Å². The molecule has 12 heteroatoms. The number of piperazine rings is 1. The quantitative estimate of drug-likeness (QED) is 0.444. The van der Waals surface area contributed by atoms with Crippen LogP contribution in [0.15, 0.2) is 41.5 Å². The summed E-state index contributed by atoms with van der Waals surface area (Å²) in [6.45, 7) is 8.72. The molecule has 0 unspecified atom stereocenters. The van der Waals surface area contributed by atoms with Crippen LogP contribution in [0.2, 0.25) is 10.0 Å². The third kappa shape index (κ3) is 4.44. The van der Waals surface area contributed by atoms with Crippen molar-refractivity contribution >= 4 is 63.9 Å². The summed E-state index contributed by atoms with van der Waals surface area (Å²) in [4.78, 5) is 34.9. The summed E-state index contributed by atoms with van der Waals surface area (Å²) in [6.07, 6.45) is 1.46. The van der Waals surface area contributed by atoms with Gasteiger partial charge in [0, 0.05) is 43.6 Å². The van der Waals surface area contributed by atoms with E-state index in [0.717, 1.165) is 18.7 Å². The molecule has 3 aliphatic rings. The molecule has 2 atom stereocenters. The smallest absolute Gasteiger partial charge is 0.270 e. The van der Waals surface area contributed by atoms with Gasteiger partial charge in [-0.25, -0.2) is 14.3 Å². The van der Waals surface area contributed by atoms with Crippen LogP contribution in [0.3, 0.4) is 0 Å². The number of carbonyl (C=O) groups is 1. The number of aliphatic imine (C=N–C) groups is 1. The van der Waals surface area contributed by atoms with Crippen molar-refractivity contribution in [2.75, 3.05) is 53.2 Å². The molecule has 4 heterocycles. The van der Waals surface area contributed by atoms with Crippen LogP contribution in [-0.2, 0) is 0 Å². The van der Waals surface area contributed by atoms with Crippen molar-refractivity contribution < 1.29 is 9.18 Å². The predicted octanol–water partition coefficient (Wildman–Crippen LogP) is 5.34. The van der Waals surface area contributed by atoms with Gasteiger partial charge < -0.3 is 10.2 Å². The first-order valence-corrected chi connectivity index (χ1v) is 13.9. The molecule has 0 spiro atoms. The minimum absolute atomic E-state index is 0.246. The van der Waals surface area contributed by atoms with E-state index in [-0.39, 0.29) is 17.7 Å². The van der Waals surface area contributed by atoms with Gasteiger partial charge in [-0.1, -0.05) is 29.3 Å². The van der Waals surface area contributed by atoms with Crippen LogP contribution >= 0.6 is 23.2 Å². The van der Waals surface area contributed by atoms with Gasteiger partial charge in [-0.2, -0.15) is 4.98 Å². The highest BCUT2D eigenvalue weighted by molar-refractivity contribution is 6.43. The lowest BCUT2D eigenvalue weighted by molar-refractivity contribution is 0.1000. The Morgan fingerprint density at radius 1 is 1.07 bits per heavy atom. The van der Waals surface area contributed by atoms with Crippen LogP contribution in [-0.4, -0.2) is 72.0 Å². The Labute approximate surface area is 242 Å². The van der Waals surface area contributed by atoms with E-state index in [1.165, 1.54) is 17.2 Å². The summed E-state index contributed by atoms with van der Waals surface area (Å²) in [7, 11) is 2.11. The highest BCUT2D eigenvalue weighted by Gasteiger charge is 2.41. The maximum absolute atomic E-state index is 15.5. The summed E-state index contributed by atoms with van der Waals surface area (Å²) >= 11 is 12.9. The maximum atomic E-state index is 15.5. The highest BCUT2D eigenvalue weighted by atomic mass is 35.5. The number of carbonyl (C=O) groups excluding carboxylic acids is 1. The van der Waals surface area contributed by atoms with Gasteiger partial charge in [0.1, 0.15) is 11.4 Å². The van der Waals surface area contributed by atoms with E-state index in [1.54, 1.807) is 18.2 Å². The SMILES string of the molecule is Cc1cc(Nc2ncc3c(n2)N2CCN=C2N(c2c(Cl)cccc2Cl)C3=O)cc(F)c1N1C[C@@H](C)N(C)[C@@H](C)C1. The molecule has 1 amide bonds. The average Bonchev–Trinajstić information content (AvgIpc) is 3.38. The van der Waals surface area contributed by atoms with E-state index >= 15 is 4.39 Å². The number of benzene rings is 2. The summed E-state index contributed by atoms with van der Waals surface area (Å²) in [5.41, 5.74) is 2.62. The molecule has 0 bridgehead atoms. The van der Waals surface area contributed by atoms with Crippen molar-refractivity contribution in [3.8, 4) is 0 Å². The third-order valence-corrected chi connectivity index (χ3v) is 8.43. The molecular formula is C28H29Cl2FN8O. The van der Waals surface area contributed by atoms with E-state index in [9.17, 15) is 4.79 Å². The molecule has 1 aromatic heterocycles. The molecule has 0 radical (unpaired) electrons. The largest absolute Gasteiger partial charge is 0.366 e. The number of rotatable bonds is 4. The molecule has 3 aliphatic heterocycles. The average molecular weight is 583 g/mol. The molecule has 6 rings (SSSR count). The number of anilines is 5. The van der Waals surface area contributed by atoms with Gasteiger partial charge in [-0.05, 0) is 57.6 Å². The first-order chi connectivity index (χ1) is 19.1. The first-order valence-electron chi connectivity index (χ1n) is 13.2. The van der Waals surface area contributed by atoms with Crippen LogP contribution in [0.25, 0.3) is 0 Å². The molecule has 3 aromatic rings. The number of fused-ring (bicyclic) bond motifs is 3. The van der Waals surface area contributed by atoms with Crippen LogP contribution in [0.4, 0.5) is 33.2 Å². The number of hydrogen-bond donors (Lipinski definition) is 1. The normalized spacial score (nSPS) is 20.9. The van der Waals surface area contributed by atoms with E-state index in [1.807, 2.05) is 17.9 Å². The second kappa shape index (κ2) is 10.2. The molecule has 1 N–H and O–H groups in total. The van der Waals surface area contributed by atoms with Gasteiger partial charge >= 0.3 is 0 Å². The number of nitrogens with one attached hydrogen (secondary N) is 1. The summed E-state index contributed by atoms with van der Waals surface area (Å²) in [5, 5.41) is 3.79. The lowest BCUT2D eigenvalue weighted by Gasteiger charge is -2.44. The van der Waals surface area contributed by atoms with Gasteiger partial charge in [0.2, 0.25) is 11.9 Å². The van der Waals surface area contributed by atoms with Crippen molar-refractivity contribution in [2.24, 2.45) is 4.99 Å². The molecule has 0 saturated carbocycles. The van der Waals surface area contributed by atoms with Crippen LogP contribution in [0.1, 0.15) is 29.8 Å². The Balaban J connectivity index is 1.30. The van der Waals surface area contributed by atoms with Gasteiger partial charge in [-0.3, -0.25) is 19.6 Å². The lowest BCUT2D eigenvalue weighted by atomic mass is 10.1. The Morgan fingerprint density at radius 2 is 1.77 bits per heavy atom. The minimum atomic E-state index is -0.379. The topological polar surface area (TPSA) is 80.2 Å². The standard InChI is InChI=1S/C28H29Cl2FN8O/c1-15-10-18(11-22(31)23(15)37-13-16(2)36(4)17(3)14-37)34-27-33-12-19-25(35-27)38-9-8-32-28(38)39(26(19)40)24-20(29)6-5-7-21(24)30/h5-7,10-12,16-17H,8-9,13-14H2,1-4H3,(H,33,34,35)/t16-,17+. The third-order valence-electron chi connectivity index (χ3n) is 7.82. The second-order valence-corrected chi connectivity index (χ2v) is 11.3. The Bertz CT molecular complexity index is 1490. The molecule has 0 aliphatic carbocycles. The fraction of sp³-hybridized carbons (Fsp3) is 0.357. The number of aryl methyl sites for hydroxylation is 1.